The molecule has 0 atom stereocenters. The number of nitrogens with zero attached hydrogens (tertiary/aromatic N) is 5. The lowest BCUT2D eigenvalue weighted by Gasteiger charge is -2.05. The first kappa shape index (κ1) is 22.0. The van der Waals surface area contributed by atoms with Crippen molar-refractivity contribution in [1.82, 2.24) is 40.4 Å². The first-order chi connectivity index (χ1) is 17.6. The fourth-order valence-corrected chi connectivity index (χ4v) is 4.38. The van der Waals surface area contributed by atoms with Crippen molar-refractivity contribution in [2.24, 2.45) is 0 Å². The SMILES string of the molecule is CCNCc1cncc(-c2cc3c(-c4nc5c(-c6cc(C)cc(F)c6)nccc5[nH]4)n[nH]c3cn2)c1. The van der Waals surface area contributed by atoms with E-state index in [9.17, 15) is 4.39 Å². The summed E-state index contributed by atoms with van der Waals surface area (Å²) in [5.74, 6) is 0.289. The lowest BCUT2D eigenvalue weighted by molar-refractivity contribution is 0.627. The highest BCUT2D eigenvalue weighted by molar-refractivity contribution is 5.96. The van der Waals surface area contributed by atoms with Crippen LogP contribution in [0.1, 0.15) is 18.1 Å². The summed E-state index contributed by atoms with van der Waals surface area (Å²) in [5.41, 5.74) is 7.85. The summed E-state index contributed by atoms with van der Waals surface area (Å²) in [5, 5.41) is 11.8. The van der Waals surface area contributed by atoms with E-state index in [0.717, 1.165) is 51.9 Å². The number of hydrogen-bond donors (Lipinski definition) is 3. The van der Waals surface area contributed by atoms with Crippen LogP contribution < -0.4 is 5.32 Å². The van der Waals surface area contributed by atoms with Gasteiger partial charge in [-0.2, -0.15) is 5.10 Å². The van der Waals surface area contributed by atoms with Gasteiger partial charge in [-0.05, 0) is 61.0 Å². The van der Waals surface area contributed by atoms with Crippen LogP contribution in [0.15, 0.2) is 61.2 Å². The normalized spacial score (nSPS) is 11.5. The van der Waals surface area contributed by atoms with E-state index >= 15 is 0 Å². The molecule has 6 aromatic rings. The van der Waals surface area contributed by atoms with Crippen molar-refractivity contribution in [3.63, 3.8) is 0 Å². The first-order valence-corrected chi connectivity index (χ1v) is 11.7. The number of H-pyrrole nitrogens is 2. The Bertz CT molecular complexity index is 1700. The molecule has 6 rings (SSSR count). The van der Waals surface area contributed by atoms with E-state index in [1.807, 2.05) is 37.5 Å². The second kappa shape index (κ2) is 8.94. The molecule has 0 spiro atoms. The van der Waals surface area contributed by atoms with Crippen molar-refractivity contribution in [3.8, 4) is 34.0 Å². The van der Waals surface area contributed by atoms with Crippen molar-refractivity contribution >= 4 is 21.9 Å². The molecule has 5 aromatic heterocycles. The average Bonchev–Trinajstić information content (AvgIpc) is 3.50. The van der Waals surface area contributed by atoms with Crippen LogP contribution >= 0.6 is 0 Å². The highest BCUT2D eigenvalue weighted by atomic mass is 19.1. The van der Waals surface area contributed by atoms with Crippen molar-refractivity contribution in [2.75, 3.05) is 6.54 Å². The molecule has 36 heavy (non-hydrogen) atoms. The fourth-order valence-electron chi connectivity index (χ4n) is 4.38. The number of aromatic amines is 2. The molecule has 0 saturated carbocycles. The summed E-state index contributed by atoms with van der Waals surface area (Å²) in [6, 6.07) is 10.8. The maximum Gasteiger partial charge on any atom is 0.159 e. The van der Waals surface area contributed by atoms with Crippen LogP contribution in [-0.4, -0.2) is 41.7 Å². The summed E-state index contributed by atoms with van der Waals surface area (Å²) in [6.07, 6.45) is 7.12. The third kappa shape index (κ3) is 3.99. The van der Waals surface area contributed by atoms with Gasteiger partial charge in [-0.25, -0.2) is 9.37 Å². The molecule has 9 heteroatoms. The minimum Gasteiger partial charge on any atom is -0.336 e. The van der Waals surface area contributed by atoms with Gasteiger partial charge in [-0.3, -0.25) is 20.1 Å². The molecule has 178 valence electrons. The average molecular weight is 479 g/mol. The van der Waals surface area contributed by atoms with Gasteiger partial charge in [0.25, 0.3) is 0 Å². The number of aromatic nitrogens is 7. The van der Waals surface area contributed by atoms with Crippen LogP contribution in [0.25, 0.3) is 56.0 Å². The van der Waals surface area contributed by atoms with Gasteiger partial charge >= 0.3 is 0 Å². The zero-order chi connectivity index (χ0) is 24.6. The Kier molecular flexibility index (Phi) is 5.46. The van der Waals surface area contributed by atoms with Gasteiger partial charge in [0.1, 0.15) is 17.0 Å². The van der Waals surface area contributed by atoms with Crippen LogP contribution in [-0.2, 0) is 6.54 Å². The van der Waals surface area contributed by atoms with Crippen LogP contribution in [0, 0.1) is 12.7 Å². The predicted octanol–water partition coefficient (Wildman–Crippen LogP) is 5.18. The molecule has 0 fully saturated rings. The number of hydrogen-bond acceptors (Lipinski definition) is 6. The van der Waals surface area contributed by atoms with Crippen molar-refractivity contribution in [2.45, 2.75) is 20.4 Å². The number of fused-ring (bicyclic) bond motifs is 2. The number of aryl methyl sites for hydroxylation is 1. The topological polar surface area (TPSA) is 108 Å². The van der Waals surface area contributed by atoms with Crippen LogP contribution in [0.5, 0.6) is 0 Å². The van der Waals surface area contributed by atoms with Gasteiger partial charge in [0.15, 0.2) is 5.82 Å². The molecule has 5 heterocycles. The molecule has 0 saturated heterocycles. The van der Waals surface area contributed by atoms with E-state index < -0.39 is 0 Å². The smallest absolute Gasteiger partial charge is 0.159 e. The monoisotopic (exact) mass is 478 g/mol. The minimum atomic E-state index is -0.304. The molecule has 0 aliphatic carbocycles. The first-order valence-electron chi connectivity index (χ1n) is 11.7. The van der Waals surface area contributed by atoms with Crippen LogP contribution in [0.3, 0.4) is 0 Å². The molecule has 8 nitrogen and oxygen atoms in total. The summed E-state index contributed by atoms with van der Waals surface area (Å²) in [6.45, 7) is 5.57. The Hall–Kier alpha value is -4.50. The number of halogens is 1. The van der Waals surface area contributed by atoms with Gasteiger partial charge in [-0.1, -0.05) is 6.92 Å². The second-order valence-corrected chi connectivity index (χ2v) is 8.71. The second-order valence-electron chi connectivity index (χ2n) is 8.71. The lowest BCUT2D eigenvalue weighted by Crippen LogP contribution is -2.11. The Morgan fingerprint density at radius 2 is 1.86 bits per heavy atom. The Morgan fingerprint density at radius 3 is 2.72 bits per heavy atom. The van der Waals surface area contributed by atoms with Gasteiger partial charge in [0, 0.05) is 41.6 Å². The van der Waals surface area contributed by atoms with Crippen LogP contribution in [0.2, 0.25) is 0 Å². The number of benzene rings is 1. The maximum absolute atomic E-state index is 14.1. The zero-order valence-corrected chi connectivity index (χ0v) is 19.8. The highest BCUT2D eigenvalue weighted by Crippen LogP contribution is 2.32. The van der Waals surface area contributed by atoms with E-state index in [-0.39, 0.29) is 5.82 Å². The van der Waals surface area contributed by atoms with Gasteiger partial charge in [-0.15, -0.1) is 0 Å². The third-order valence-corrected chi connectivity index (χ3v) is 6.06. The Balaban J connectivity index is 1.44. The number of nitrogens with one attached hydrogen (secondary N) is 3. The molecule has 0 radical (unpaired) electrons. The predicted molar refractivity (Wildman–Crippen MR) is 138 cm³/mol. The molecule has 0 aliphatic heterocycles. The zero-order valence-electron chi connectivity index (χ0n) is 19.8. The van der Waals surface area contributed by atoms with E-state index in [1.165, 1.54) is 12.1 Å². The van der Waals surface area contributed by atoms with Gasteiger partial charge in [0.2, 0.25) is 0 Å². The highest BCUT2D eigenvalue weighted by Gasteiger charge is 2.17. The van der Waals surface area contributed by atoms with E-state index in [0.29, 0.717) is 28.3 Å². The summed E-state index contributed by atoms with van der Waals surface area (Å²) in [4.78, 5) is 21.7. The molecular formula is C27H23FN8. The maximum atomic E-state index is 14.1. The molecule has 0 bridgehead atoms. The molecule has 1 aromatic carbocycles. The summed E-state index contributed by atoms with van der Waals surface area (Å²) < 4.78 is 14.1. The molecular weight excluding hydrogens is 455 g/mol. The number of pyridine rings is 3. The summed E-state index contributed by atoms with van der Waals surface area (Å²) >= 11 is 0. The standard InChI is InChI=1S/C27H23FN8/c1-3-29-11-16-8-18(13-30-12-16)22-10-20-23(14-32-22)35-36-25(20)27-33-21-4-5-31-24(26(21)34-27)17-6-15(2)7-19(28)9-17/h4-10,12-14,29H,3,11H2,1-2H3,(H,33,34)(H,35,36). The van der Waals surface area contributed by atoms with E-state index in [2.05, 4.69) is 48.4 Å². The Labute approximate surface area is 206 Å². The largest absolute Gasteiger partial charge is 0.336 e. The van der Waals surface area contributed by atoms with Crippen LogP contribution in [0.4, 0.5) is 4.39 Å². The van der Waals surface area contributed by atoms with Gasteiger partial charge < -0.3 is 10.3 Å². The van der Waals surface area contributed by atoms with Crippen molar-refractivity contribution in [3.05, 3.63) is 78.1 Å². The number of rotatable bonds is 6. The minimum absolute atomic E-state index is 0.304. The van der Waals surface area contributed by atoms with Crippen molar-refractivity contribution in [1.29, 1.82) is 0 Å². The molecule has 3 N–H and O–H groups in total. The molecule has 0 aliphatic rings. The van der Waals surface area contributed by atoms with Crippen molar-refractivity contribution < 1.29 is 4.39 Å². The van der Waals surface area contributed by atoms with E-state index in [1.54, 1.807) is 12.4 Å². The molecule has 0 unspecified atom stereocenters. The third-order valence-electron chi connectivity index (χ3n) is 6.06. The number of imidazole rings is 1. The fraction of sp³-hybridized carbons (Fsp3) is 0.148. The Morgan fingerprint density at radius 1 is 0.944 bits per heavy atom. The quantitative estimate of drug-likeness (QED) is 0.304. The van der Waals surface area contributed by atoms with E-state index in [4.69, 9.17) is 4.98 Å². The van der Waals surface area contributed by atoms with Gasteiger partial charge in [0.05, 0.1) is 28.6 Å². The summed E-state index contributed by atoms with van der Waals surface area (Å²) in [7, 11) is 0. The molecule has 0 amide bonds. The lowest BCUT2D eigenvalue weighted by atomic mass is 10.1.